The van der Waals surface area contributed by atoms with E-state index in [1.165, 1.54) is 30.5 Å². The summed E-state index contributed by atoms with van der Waals surface area (Å²) in [6, 6.07) is 0. The quantitative estimate of drug-likeness (QED) is 0.599. The summed E-state index contributed by atoms with van der Waals surface area (Å²) in [5.74, 6) is 1.52. The molecule has 1 aliphatic carbocycles. The smallest absolute Gasteiger partial charge is 0.167 e. The van der Waals surface area contributed by atoms with Gasteiger partial charge in [0.2, 0.25) is 0 Å². The van der Waals surface area contributed by atoms with Gasteiger partial charge in [0, 0.05) is 5.92 Å². The number of aromatic nitrogens is 4. The van der Waals surface area contributed by atoms with Gasteiger partial charge in [-0.15, -0.1) is 10.2 Å². The van der Waals surface area contributed by atoms with Crippen molar-refractivity contribution < 1.29 is 0 Å². The average molecular weight is 152 g/mol. The van der Waals surface area contributed by atoms with E-state index in [1.807, 2.05) is 7.05 Å². The zero-order valence-electron chi connectivity index (χ0n) is 6.69. The zero-order chi connectivity index (χ0) is 7.68. The molecule has 0 saturated heterocycles. The molecule has 11 heavy (non-hydrogen) atoms. The summed E-state index contributed by atoms with van der Waals surface area (Å²) < 4.78 is 0. The molecule has 60 valence electrons. The maximum Gasteiger partial charge on any atom is 0.177 e. The third-order valence-electron chi connectivity index (χ3n) is 2.24. The third-order valence-corrected chi connectivity index (χ3v) is 2.24. The van der Waals surface area contributed by atoms with E-state index in [-0.39, 0.29) is 0 Å². The minimum absolute atomic E-state index is 0.587. The molecule has 0 aromatic carbocycles. The van der Waals surface area contributed by atoms with Crippen molar-refractivity contribution in [1.29, 1.82) is 0 Å². The third kappa shape index (κ3) is 1.25. The normalized spacial score (nSPS) is 19.4. The molecule has 0 amide bonds. The Morgan fingerprint density at radius 2 is 2.09 bits per heavy atom. The molecule has 1 aromatic heterocycles. The molecule has 4 heteroatoms. The van der Waals surface area contributed by atoms with Crippen LogP contribution in [0.5, 0.6) is 0 Å². The van der Waals surface area contributed by atoms with Gasteiger partial charge in [0.15, 0.2) is 5.82 Å². The number of rotatable bonds is 1. The van der Waals surface area contributed by atoms with Gasteiger partial charge >= 0.3 is 0 Å². The lowest BCUT2D eigenvalue weighted by Crippen LogP contribution is -1.97. The Morgan fingerprint density at radius 3 is 2.64 bits per heavy atom. The Hall–Kier alpha value is -0.930. The first-order valence-electron chi connectivity index (χ1n) is 4.10. The fourth-order valence-corrected chi connectivity index (χ4v) is 1.65. The highest BCUT2D eigenvalue weighted by Gasteiger charge is 2.20. The highest BCUT2D eigenvalue weighted by molar-refractivity contribution is 4.93. The van der Waals surface area contributed by atoms with E-state index in [2.05, 4.69) is 15.4 Å². The predicted octanol–water partition coefficient (Wildman–Crippen LogP) is 0.868. The van der Waals surface area contributed by atoms with Gasteiger partial charge in [0.1, 0.15) is 0 Å². The van der Waals surface area contributed by atoms with Gasteiger partial charge in [0.25, 0.3) is 0 Å². The van der Waals surface area contributed by atoms with Crippen LogP contribution < -0.4 is 0 Å². The van der Waals surface area contributed by atoms with Crippen LogP contribution in [0, 0.1) is 0 Å². The van der Waals surface area contributed by atoms with Gasteiger partial charge in [-0.05, 0) is 18.1 Å². The van der Waals surface area contributed by atoms with E-state index in [0.29, 0.717) is 5.92 Å². The molecule has 0 N–H and O–H groups in total. The van der Waals surface area contributed by atoms with Crippen molar-refractivity contribution in [2.24, 2.45) is 7.05 Å². The van der Waals surface area contributed by atoms with Gasteiger partial charge in [-0.2, -0.15) is 4.80 Å². The molecular weight excluding hydrogens is 140 g/mol. The van der Waals surface area contributed by atoms with Crippen molar-refractivity contribution in [3.05, 3.63) is 5.82 Å². The van der Waals surface area contributed by atoms with Crippen LogP contribution in [0.3, 0.4) is 0 Å². The predicted molar refractivity (Wildman–Crippen MR) is 40.0 cm³/mol. The first-order valence-corrected chi connectivity index (χ1v) is 4.10. The molecule has 1 aliphatic rings. The molecule has 0 unspecified atom stereocenters. The summed E-state index contributed by atoms with van der Waals surface area (Å²) in [7, 11) is 1.81. The monoisotopic (exact) mass is 152 g/mol. The van der Waals surface area contributed by atoms with Gasteiger partial charge < -0.3 is 0 Å². The minimum Gasteiger partial charge on any atom is -0.167 e. The van der Waals surface area contributed by atoms with Crippen molar-refractivity contribution in [3.8, 4) is 0 Å². The lowest BCUT2D eigenvalue weighted by atomic mass is 10.1. The topological polar surface area (TPSA) is 43.6 Å². The Balaban J connectivity index is 2.15. The summed E-state index contributed by atoms with van der Waals surface area (Å²) in [5.41, 5.74) is 0. The van der Waals surface area contributed by atoms with Gasteiger partial charge in [0.05, 0.1) is 7.05 Å². The lowest BCUT2D eigenvalue weighted by Gasteiger charge is -1.99. The molecule has 0 atom stereocenters. The summed E-state index contributed by atoms with van der Waals surface area (Å²) in [5, 5.41) is 12.0. The maximum atomic E-state index is 4.19. The number of aryl methyl sites for hydroxylation is 1. The molecule has 4 nitrogen and oxygen atoms in total. The average Bonchev–Trinajstić information content (AvgIpc) is 2.55. The zero-order valence-corrected chi connectivity index (χ0v) is 6.69. The van der Waals surface area contributed by atoms with Crippen molar-refractivity contribution in [2.75, 3.05) is 0 Å². The fourth-order valence-electron chi connectivity index (χ4n) is 1.65. The Bertz CT molecular complexity index is 236. The number of nitrogens with zero attached hydrogens (tertiary/aromatic N) is 4. The Labute approximate surface area is 65.6 Å². The van der Waals surface area contributed by atoms with Crippen LogP contribution in [0.2, 0.25) is 0 Å². The molecule has 0 radical (unpaired) electrons. The standard InChI is InChI=1S/C7H12N4/c1-11-9-7(8-10-11)6-4-2-3-5-6/h6H,2-5H2,1H3. The summed E-state index contributed by atoms with van der Waals surface area (Å²) in [4.78, 5) is 1.54. The van der Waals surface area contributed by atoms with E-state index >= 15 is 0 Å². The van der Waals surface area contributed by atoms with Crippen molar-refractivity contribution in [1.82, 2.24) is 20.2 Å². The first kappa shape index (κ1) is 6.76. The molecule has 1 saturated carbocycles. The molecule has 1 fully saturated rings. The lowest BCUT2D eigenvalue weighted by molar-refractivity contribution is 0.616. The van der Waals surface area contributed by atoms with Crippen LogP contribution in [0.15, 0.2) is 0 Å². The van der Waals surface area contributed by atoms with Gasteiger partial charge in [-0.25, -0.2) is 0 Å². The molecular formula is C7H12N4. The second-order valence-corrected chi connectivity index (χ2v) is 3.12. The van der Waals surface area contributed by atoms with Crippen molar-refractivity contribution >= 4 is 0 Å². The van der Waals surface area contributed by atoms with Crippen molar-refractivity contribution in [2.45, 2.75) is 31.6 Å². The van der Waals surface area contributed by atoms with Crippen LogP contribution in [0.25, 0.3) is 0 Å². The van der Waals surface area contributed by atoms with E-state index in [9.17, 15) is 0 Å². The van der Waals surface area contributed by atoms with Crippen molar-refractivity contribution in [3.63, 3.8) is 0 Å². The summed E-state index contributed by atoms with van der Waals surface area (Å²) >= 11 is 0. The Morgan fingerprint density at radius 1 is 1.36 bits per heavy atom. The number of tetrazole rings is 1. The summed E-state index contributed by atoms with van der Waals surface area (Å²) in [6.45, 7) is 0. The molecule has 0 spiro atoms. The molecule has 2 rings (SSSR count). The fraction of sp³-hybridized carbons (Fsp3) is 0.857. The molecule has 0 aliphatic heterocycles. The molecule has 1 aromatic rings. The van der Waals surface area contributed by atoms with E-state index < -0.39 is 0 Å². The van der Waals surface area contributed by atoms with Gasteiger partial charge in [-0.3, -0.25) is 0 Å². The van der Waals surface area contributed by atoms with Crippen LogP contribution in [-0.4, -0.2) is 20.2 Å². The van der Waals surface area contributed by atoms with Crippen LogP contribution in [0.1, 0.15) is 37.4 Å². The van der Waals surface area contributed by atoms with E-state index in [1.54, 1.807) is 0 Å². The van der Waals surface area contributed by atoms with E-state index in [4.69, 9.17) is 0 Å². The highest BCUT2D eigenvalue weighted by Crippen LogP contribution is 2.31. The second-order valence-electron chi connectivity index (χ2n) is 3.12. The number of hydrogen-bond donors (Lipinski definition) is 0. The van der Waals surface area contributed by atoms with E-state index in [0.717, 1.165) is 5.82 Å². The van der Waals surface area contributed by atoms with Crippen LogP contribution in [0.4, 0.5) is 0 Å². The summed E-state index contributed by atoms with van der Waals surface area (Å²) in [6.07, 6.45) is 5.13. The maximum absolute atomic E-state index is 4.19. The minimum atomic E-state index is 0.587. The molecule has 1 heterocycles. The van der Waals surface area contributed by atoms with Crippen LogP contribution >= 0.6 is 0 Å². The largest absolute Gasteiger partial charge is 0.177 e. The first-order chi connectivity index (χ1) is 5.36. The van der Waals surface area contributed by atoms with Crippen LogP contribution in [-0.2, 0) is 7.05 Å². The highest BCUT2D eigenvalue weighted by atomic mass is 15.6. The second kappa shape index (κ2) is 2.60. The Kier molecular flexibility index (Phi) is 1.60. The van der Waals surface area contributed by atoms with Gasteiger partial charge in [-0.1, -0.05) is 12.8 Å². The number of hydrogen-bond acceptors (Lipinski definition) is 3. The molecule has 0 bridgehead atoms. The SMILES string of the molecule is Cn1nnc(C2CCCC2)n1.